The third kappa shape index (κ3) is 2.05. The first-order chi connectivity index (χ1) is 7.18. The Bertz CT molecular complexity index is 397. The predicted octanol–water partition coefficient (Wildman–Crippen LogP) is 2.93. The predicted molar refractivity (Wildman–Crippen MR) is 61.4 cm³/mol. The van der Waals surface area contributed by atoms with Crippen LogP contribution in [0.1, 0.15) is 18.4 Å². The summed E-state index contributed by atoms with van der Waals surface area (Å²) in [5.41, 5.74) is 1.73. The Hall–Kier alpha value is -1.28. The molecule has 0 aromatic heterocycles. The Labute approximate surface area is 94.2 Å². The normalized spacial score (nSPS) is 15.8. The Kier molecular flexibility index (Phi) is 2.78. The van der Waals surface area contributed by atoms with Gasteiger partial charge in [-0.1, -0.05) is 30.3 Å². The van der Waals surface area contributed by atoms with Crippen LogP contribution in [0.15, 0.2) is 30.8 Å². The zero-order valence-electron chi connectivity index (χ0n) is 8.37. The maximum Gasteiger partial charge on any atom is 0.227 e. The molecular formula is C12H12ClNO. The molecule has 1 aromatic rings. The lowest BCUT2D eigenvalue weighted by Gasteiger charge is -2.18. The summed E-state index contributed by atoms with van der Waals surface area (Å²) in [7, 11) is 0. The summed E-state index contributed by atoms with van der Waals surface area (Å²) in [6, 6.07) is 7.39. The van der Waals surface area contributed by atoms with Gasteiger partial charge in [0.25, 0.3) is 0 Å². The lowest BCUT2D eigenvalue weighted by molar-refractivity contribution is -0.124. The molecule has 78 valence electrons. The van der Waals surface area contributed by atoms with Crippen LogP contribution in [0, 0.1) is 0 Å². The fourth-order valence-corrected chi connectivity index (χ4v) is 1.86. The first-order valence-electron chi connectivity index (χ1n) is 4.94. The summed E-state index contributed by atoms with van der Waals surface area (Å²) in [4.78, 5) is 13.2. The molecule has 0 bridgehead atoms. The molecule has 1 heterocycles. The molecule has 1 aromatic carbocycles. The van der Waals surface area contributed by atoms with Crippen LogP contribution in [-0.4, -0.2) is 17.4 Å². The van der Waals surface area contributed by atoms with Crippen LogP contribution < -0.4 is 0 Å². The van der Waals surface area contributed by atoms with Crippen molar-refractivity contribution in [2.24, 2.45) is 0 Å². The number of rotatable bonds is 2. The third-order valence-electron chi connectivity index (χ3n) is 2.58. The molecule has 1 aliphatic rings. The fraction of sp³-hybridized carbons (Fsp3) is 0.250. The Morgan fingerprint density at radius 2 is 2.00 bits per heavy atom. The summed E-state index contributed by atoms with van der Waals surface area (Å²) >= 11 is 5.79. The number of hydrogen-bond acceptors (Lipinski definition) is 1. The number of likely N-dealkylation sites (tertiary alicyclic amines) is 1. The standard InChI is InChI=1S/C12H12ClNO/c1-9(14-8-2-3-12(14)15)10-4-6-11(13)7-5-10/h4-7H,1-3,8H2. The van der Waals surface area contributed by atoms with Gasteiger partial charge >= 0.3 is 0 Å². The van der Waals surface area contributed by atoms with E-state index in [0.717, 1.165) is 24.2 Å². The van der Waals surface area contributed by atoms with Gasteiger partial charge in [0.1, 0.15) is 0 Å². The molecular weight excluding hydrogens is 210 g/mol. The molecule has 2 nitrogen and oxygen atoms in total. The molecule has 1 aliphatic heterocycles. The number of amides is 1. The van der Waals surface area contributed by atoms with Crippen molar-refractivity contribution in [3.8, 4) is 0 Å². The van der Waals surface area contributed by atoms with Crippen molar-refractivity contribution in [3.05, 3.63) is 41.4 Å². The average molecular weight is 222 g/mol. The number of nitrogens with zero attached hydrogens (tertiary/aromatic N) is 1. The molecule has 0 atom stereocenters. The van der Waals surface area contributed by atoms with E-state index >= 15 is 0 Å². The molecule has 0 N–H and O–H groups in total. The van der Waals surface area contributed by atoms with Crippen LogP contribution in [0.5, 0.6) is 0 Å². The Morgan fingerprint density at radius 3 is 2.53 bits per heavy atom. The van der Waals surface area contributed by atoms with Gasteiger partial charge < -0.3 is 4.90 Å². The van der Waals surface area contributed by atoms with Crippen molar-refractivity contribution < 1.29 is 4.79 Å². The number of halogens is 1. The van der Waals surface area contributed by atoms with Gasteiger partial charge in [0, 0.05) is 23.7 Å². The largest absolute Gasteiger partial charge is 0.312 e. The van der Waals surface area contributed by atoms with E-state index < -0.39 is 0 Å². The Morgan fingerprint density at radius 1 is 1.33 bits per heavy atom. The summed E-state index contributed by atoms with van der Waals surface area (Å²) in [5, 5.41) is 0.694. The number of carbonyl (C=O) groups excluding carboxylic acids is 1. The minimum Gasteiger partial charge on any atom is -0.312 e. The minimum absolute atomic E-state index is 0.162. The van der Waals surface area contributed by atoms with E-state index in [1.54, 1.807) is 4.90 Å². The quantitative estimate of drug-likeness (QED) is 0.752. The lowest BCUT2D eigenvalue weighted by atomic mass is 10.1. The van der Waals surface area contributed by atoms with Crippen LogP contribution in [0.2, 0.25) is 5.02 Å². The van der Waals surface area contributed by atoms with Gasteiger partial charge in [0.05, 0.1) is 0 Å². The van der Waals surface area contributed by atoms with Crippen molar-refractivity contribution in [3.63, 3.8) is 0 Å². The van der Waals surface area contributed by atoms with Gasteiger partial charge in [-0.3, -0.25) is 4.79 Å². The molecule has 15 heavy (non-hydrogen) atoms. The van der Waals surface area contributed by atoms with Crippen molar-refractivity contribution >= 4 is 23.2 Å². The van der Waals surface area contributed by atoms with Gasteiger partial charge in [-0.15, -0.1) is 0 Å². The van der Waals surface area contributed by atoms with E-state index in [1.807, 2.05) is 24.3 Å². The molecule has 2 rings (SSSR count). The molecule has 1 amide bonds. The van der Waals surface area contributed by atoms with Gasteiger partial charge in [-0.05, 0) is 24.1 Å². The summed E-state index contributed by atoms with van der Waals surface area (Å²) in [6.45, 7) is 4.73. The molecule has 0 saturated carbocycles. The van der Waals surface area contributed by atoms with Crippen LogP contribution in [0.3, 0.4) is 0 Å². The number of benzene rings is 1. The minimum atomic E-state index is 0.162. The van der Waals surface area contributed by atoms with Crippen molar-refractivity contribution in [2.45, 2.75) is 12.8 Å². The number of hydrogen-bond donors (Lipinski definition) is 0. The molecule has 0 spiro atoms. The second-order valence-electron chi connectivity index (χ2n) is 3.60. The van der Waals surface area contributed by atoms with Crippen LogP contribution >= 0.6 is 11.6 Å². The van der Waals surface area contributed by atoms with E-state index in [-0.39, 0.29) is 5.91 Å². The summed E-state index contributed by atoms with van der Waals surface area (Å²) < 4.78 is 0. The van der Waals surface area contributed by atoms with E-state index in [4.69, 9.17) is 11.6 Å². The first kappa shape index (κ1) is 10.2. The SMILES string of the molecule is C=C(c1ccc(Cl)cc1)N1CCCC1=O. The number of carbonyl (C=O) groups is 1. The van der Waals surface area contributed by atoms with E-state index in [0.29, 0.717) is 11.4 Å². The molecule has 1 fully saturated rings. The first-order valence-corrected chi connectivity index (χ1v) is 5.31. The second-order valence-corrected chi connectivity index (χ2v) is 4.04. The highest BCUT2D eigenvalue weighted by Gasteiger charge is 2.22. The van der Waals surface area contributed by atoms with Gasteiger partial charge in [0.2, 0.25) is 5.91 Å². The average Bonchev–Trinajstić information content (AvgIpc) is 2.65. The molecule has 0 radical (unpaired) electrons. The highest BCUT2D eigenvalue weighted by Crippen LogP contribution is 2.24. The van der Waals surface area contributed by atoms with E-state index in [9.17, 15) is 4.79 Å². The van der Waals surface area contributed by atoms with Crippen molar-refractivity contribution in [2.75, 3.05) is 6.54 Å². The highest BCUT2D eigenvalue weighted by atomic mass is 35.5. The van der Waals surface area contributed by atoms with Gasteiger partial charge in [-0.25, -0.2) is 0 Å². The molecule has 0 aliphatic carbocycles. The maximum atomic E-state index is 11.5. The zero-order chi connectivity index (χ0) is 10.8. The Balaban J connectivity index is 2.20. The molecule has 3 heteroatoms. The summed E-state index contributed by atoms with van der Waals surface area (Å²) in [6.07, 6.45) is 1.55. The van der Waals surface area contributed by atoms with E-state index in [1.165, 1.54) is 0 Å². The monoisotopic (exact) mass is 221 g/mol. The maximum absolute atomic E-state index is 11.5. The van der Waals surface area contributed by atoms with Gasteiger partial charge in [0.15, 0.2) is 0 Å². The van der Waals surface area contributed by atoms with Crippen LogP contribution in [-0.2, 0) is 4.79 Å². The van der Waals surface area contributed by atoms with E-state index in [2.05, 4.69) is 6.58 Å². The van der Waals surface area contributed by atoms with Crippen LogP contribution in [0.4, 0.5) is 0 Å². The topological polar surface area (TPSA) is 20.3 Å². The molecule has 0 unspecified atom stereocenters. The fourth-order valence-electron chi connectivity index (χ4n) is 1.73. The smallest absolute Gasteiger partial charge is 0.227 e. The molecule has 1 saturated heterocycles. The zero-order valence-corrected chi connectivity index (χ0v) is 9.13. The van der Waals surface area contributed by atoms with Crippen molar-refractivity contribution in [1.29, 1.82) is 0 Å². The second kappa shape index (κ2) is 4.07. The van der Waals surface area contributed by atoms with Crippen LogP contribution in [0.25, 0.3) is 5.70 Å². The van der Waals surface area contributed by atoms with Crippen molar-refractivity contribution in [1.82, 2.24) is 4.90 Å². The lowest BCUT2D eigenvalue weighted by Crippen LogP contribution is -2.22. The summed E-state index contributed by atoms with van der Waals surface area (Å²) in [5.74, 6) is 0.162. The van der Waals surface area contributed by atoms with Gasteiger partial charge in [-0.2, -0.15) is 0 Å². The highest BCUT2D eigenvalue weighted by molar-refractivity contribution is 6.30. The third-order valence-corrected chi connectivity index (χ3v) is 2.83.